The molecule has 0 unspecified atom stereocenters. The maximum Gasteiger partial charge on any atom is 0.251 e. The molecule has 1 aromatic rings. The topological polar surface area (TPSA) is 79.9 Å². The fraction of sp³-hybridized carbons (Fsp3) is 0.630. The Labute approximate surface area is 204 Å². The first-order valence-electron chi connectivity index (χ1n) is 12.5. The maximum absolute atomic E-state index is 12.6. The first kappa shape index (κ1) is 26.2. The summed E-state index contributed by atoms with van der Waals surface area (Å²) in [6, 6.07) is 7.16. The van der Waals surface area contributed by atoms with E-state index in [0.717, 1.165) is 45.0 Å². The van der Waals surface area contributed by atoms with Gasteiger partial charge in [0.1, 0.15) is 5.75 Å². The zero-order chi connectivity index (χ0) is 24.5. The Balaban J connectivity index is 1.50. The molecule has 2 aliphatic rings. The van der Waals surface area contributed by atoms with Crippen molar-refractivity contribution in [3.05, 3.63) is 41.5 Å². The summed E-state index contributed by atoms with van der Waals surface area (Å²) in [5.41, 5.74) is 1.88. The molecule has 1 aromatic carbocycles. The van der Waals surface area contributed by atoms with Crippen LogP contribution in [0.3, 0.4) is 0 Å². The highest BCUT2D eigenvalue weighted by molar-refractivity contribution is 5.94. The van der Waals surface area contributed by atoms with E-state index in [1.807, 2.05) is 0 Å². The Morgan fingerprint density at radius 1 is 1.15 bits per heavy atom. The average Bonchev–Trinajstić information content (AvgIpc) is 2.84. The van der Waals surface area contributed by atoms with Gasteiger partial charge in [0.05, 0.1) is 20.3 Å². The number of carbonyl (C=O) groups is 2. The predicted octanol–water partition coefficient (Wildman–Crippen LogP) is 3.12. The normalized spacial score (nSPS) is 23.3. The Hall–Kier alpha value is -2.38. The van der Waals surface area contributed by atoms with Gasteiger partial charge >= 0.3 is 0 Å². The number of ether oxygens (including phenoxy) is 2. The number of allylic oxidation sites excluding steroid dienone is 1. The number of nitrogens with one attached hydrogen (secondary N) is 2. The number of morpholine rings is 1. The molecule has 7 heteroatoms. The van der Waals surface area contributed by atoms with Crippen molar-refractivity contribution in [3.8, 4) is 5.75 Å². The van der Waals surface area contributed by atoms with Crippen LogP contribution in [0.5, 0.6) is 5.75 Å². The highest BCUT2D eigenvalue weighted by Gasteiger charge is 2.32. The zero-order valence-corrected chi connectivity index (χ0v) is 21.1. The summed E-state index contributed by atoms with van der Waals surface area (Å²) in [5.74, 6) is 2.20. The van der Waals surface area contributed by atoms with Crippen molar-refractivity contribution in [3.63, 3.8) is 0 Å². The zero-order valence-electron chi connectivity index (χ0n) is 21.1. The summed E-state index contributed by atoms with van der Waals surface area (Å²) < 4.78 is 10.5. The minimum atomic E-state index is -0.0713. The number of amides is 2. The second kappa shape index (κ2) is 12.9. The smallest absolute Gasteiger partial charge is 0.251 e. The van der Waals surface area contributed by atoms with Gasteiger partial charge in [0, 0.05) is 44.7 Å². The van der Waals surface area contributed by atoms with Crippen LogP contribution < -0.4 is 15.4 Å². The van der Waals surface area contributed by atoms with E-state index < -0.39 is 0 Å². The predicted molar refractivity (Wildman–Crippen MR) is 134 cm³/mol. The fourth-order valence-electron chi connectivity index (χ4n) is 5.04. The van der Waals surface area contributed by atoms with Crippen LogP contribution in [-0.2, 0) is 9.53 Å². The summed E-state index contributed by atoms with van der Waals surface area (Å²) in [5, 5.41) is 6.21. The summed E-state index contributed by atoms with van der Waals surface area (Å²) in [4.78, 5) is 27.6. The van der Waals surface area contributed by atoms with Crippen molar-refractivity contribution < 1.29 is 19.1 Å². The third kappa shape index (κ3) is 7.57. The van der Waals surface area contributed by atoms with Crippen LogP contribution in [0.25, 0.3) is 0 Å². The van der Waals surface area contributed by atoms with Crippen molar-refractivity contribution in [2.75, 3.05) is 53.0 Å². The van der Waals surface area contributed by atoms with Gasteiger partial charge in [-0.25, -0.2) is 0 Å². The molecule has 34 heavy (non-hydrogen) atoms. The van der Waals surface area contributed by atoms with E-state index in [9.17, 15) is 9.59 Å². The molecule has 7 nitrogen and oxygen atoms in total. The number of carbonyl (C=O) groups excluding carboxylic acids is 2. The van der Waals surface area contributed by atoms with Gasteiger partial charge in [0.25, 0.3) is 5.91 Å². The molecule has 0 bridgehead atoms. The van der Waals surface area contributed by atoms with Crippen molar-refractivity contribution in [2.45, 2.75) is 33.6 Å². The summed E-state index contributed by atoms with van der Waals surface area (Å²) in [7, 11) is 1.61. The number of hydrogen-bond acceptors (Lipinski definition) is 5. The Morgan fingerprint density at radius 3 is 2.50 bits per heavy atom. The van der Waals surface area contributed by atoms with Crippen LogP contribution in [0.4, 0.5) is 0 Å². The van der Waals surface area contributed by atoms with E-state index in [2.05, 4.69) is 42.4 Å². The number of benzene rings is 1. The minimum Gasteiger partial charge on any atom is -0.497 e. The van der Waals surface area contributed by atoms with Crippen molar-refractivity contribution in [1.82, 2.24) is 15.5 Å². The first-order valence-corrected chi connectivity index (χ1v) is 12.5. The first-order chi connectivity index (χ1) is 16.4. The standard InChI is InChI=1S/C27H41N3O4/c1-19(2)25-16-22(17-26(31)28-9-10-30-11-13-34-14-12-30)20(3)15-23(25)18-29-27(32)21-5-7-24(33-4)8-6-21/h5-8,15,19,22-23,25H,9-14,16-18H2,1-4H3,(H,28,31)(H,29,32)/t22-,23-,25-/m0/s1. The van der Waals surface area contributed by atoms with Gasteiger partial charge in [-0.3, -0.25) is 14.5 Å². The third-order valence-corrected chi connectivity index (χ3v) is 7.22. The molecular weight excluding hydrogens is 430 g/mol. The third-order valence-electron chi connectivity index (χ3n) is 7.22. The van der Waals surface area contributed by atoms with E-state index in [4.69, 9.17) is 9.47 Å². The molecule has 3 atom stereocenters. The molecule has 0 radical (unpaired) electrons. The van der Waals surface area contributed by atoms with Gasteiger partial charge in [-0.05, 0) is 61.3 Å². The quantitative estimate of drug-likeness (QED) is 0.513. The number of nitrogens with zero attached hydrogens (tertiary/aromatic N) is 1. The molecule has 1 heterocycles. The average molecular weight is 472 g/mol. The lowest BCUT2D eigenvalue weighted by Gasteiger charge is -2.37. The molecule has 188 valence electrons. The van der Waals surface area contributed by atoms with Gasteiger partial charge in [-0.1, -0.05) is 25.5 Å². The molecular formula is C27H41N3O4. The Morgan fingerprint density at radius 2 is 1.85 bits per heavy atom. The highest BCUT2D eigenvalue weighted by Crippen LogP contribution is 2.38. The van der Waals surface area contributed by atoms with Gasteiger partial charge in [-0.15, -0.1) is 0 Å². The summed E-state index contributed by atoms with van der Waals surface area (Å²) in [6.45, 7) is 12.2. The second-order valence-corrected chi connectivity index (χ2v) is 9.86. The molecule has 1 saturated heterocycles. The number of rotatable bonds is 10. The lowest BCUT2D eigenvalue weighted by molar-refractivity contribution is -0.122. The lowest BCUT2D eigenvalue weighted by Crippen LogP contribution is -2.42. The molecule has 1 fully saturated rings. The number of methoxy groups -OCH3 is 1. The monoisotopic (exact) mass is 471 g/mol. The van der Waals surface area contributed by atoms with Crippen LogP contribution in [0.15, 0.2) is 35.9 Å². The van der Waals surface area contributed by atoms with E-state index in [1.54, 1.807) is 31.4 Å². The highest BCUT2D eigenvalue weighted by atomic mass is 16.5. The fourth-order valence-corrected chi connectivity index (χ4v) is 5.04. The minimum absolute atomic E-state index is 0.0713. The van der Waals surface area contributed by atoms with E-state index in [-0.39, 0.29) is 23.7 Å². The van der Waals surface area contributed by atoms with Crippen LogP contribution in [0.2, 0.25) is 0 Å². The molecule has 0 saturated carbocycles. The molecule has 3 rings (SSSR count). The van der Waals surface area contributed by atoms with E-state index >= 15 is 0 Å². The Bertz CT molecular complexity index is 831. The van der Waals surface area contributed by atoms with Crippen LogP contribution in [0.1, 0.15) is 44.0 Å². The molecule has 0 spiro atoms. The molecule has 2 amide bonds. The SMILES string of the molecule is COc1ccc(C(=O)NC[C@@H]2C=C(C)[C@H](CC(=O)NCCN3CCOCC3)C[C@H]2C(C)C)cc1. The van der Waals surface area contributed by atoms with Gasteiger partial charge < -0.3 is 20.1 Å². The second-order valence-electron chi connectivity index (χ2n) is 9.86. The van der Waals surface area contributed by atoms with Crippen molar-refractivity contribution in [2.24, 2.45) is 23.7 Å². The van der Waals surface area contributed by atoms with Crippen LogP contribution in [-0.4, -0.2) is 69.8 Å². The van der Waals surface area contributed by atoms with Crippen molar-refractivity contribution in [1.29, 1.82) is 0 Å². The largest absolute Gasteiger partial charge is 0.497 e. The molecule has 2 N–H and O–H groups in total. The molecule has 1 aliphatic heterocycles. The number of hydrogen-bond donors (Lipinski definition) is 2. The van der Waals surface area contributed by atoms with Crippen LogP contribution in [0, 0.1) is 23.7 Å². The molecule has 1 aliphatic carbocycles. The van der Waals surface area contributed by atoms with E-state index in [0.29, 0.717) is 36.9 Å². The lowest BCUT2D eigenvalue weighted by atomic mass is 9.69. The van der Waals surface area contributed by atoms with Crippen LogP contribution >= 0.6 is 0 Å². The Kier molecular flexibility index (Phi) is 9.96. The van der Waals surface area contributed by atoms with Gasteiger partial charge in [-0.2, -0.15) is 0 Å². The van der Waals surface area contributed by atoms with Gasteiger partial charge in [0.2, 0.25) is 5.91 Å². The summed E-state index contributed by atoms with van der Waals surface area (Å²) in [6.07, 6.45) is 3.79. The van der Waals surface area contributed by atoms with Gasteiger partial charge in [0.15, 0.2) is 0 Å². The van der Waals surface area contributed by atoms with E-state index in [1.165, 1.54) is 5.57 Å². The van der Waals surface area contributed by atoms with Crippen molar-refractivity contribution >= 4 is 11.8 Å². The molecule has 0 aromatic heterocycles. The summed E-state index contributed by atoms with van der Waals surface area (Å²) >= 11 is 0. The maximum atomic E-state index is 12.6.